The van der Waals surface area contributed by atoms with E-state index in [1.54, 1.807) is 31.4 Å². The Balaban J connectivity index is 2.40. The molecule has 0 aliphatic rings. The van der Waals surface area contributed by atoms with E-state index in [4.69, 9.17) is 4.74 Å². The smallest absolute Gasteiger partial charge is 0.243 e. The second kappa shape index (κ2) is 9.42. The molecule has 0 bridgehead atoms. The zero-order chi connectivity index (χ0) is 17.2. The number of carbonyl (C=O) groups is 3. The molecule has 126 valence electrons. The van der Waals surface area contributed by atoms with Crippen LogP contribution in [-0.2, 0) is 14.4 Å². The number of ether oxygens (including phenoxy) is 1. The summed E-state index contributed by atoms with van der Waals surface area (Å²) in [6.45, 7) is -0.0554. The zero-order valence-corrected chi connectivity index (χ0v) is 13.5. The first-order valence-electron chi connectivity index (χ1n) is 7.05. The molecule has 1 rings (SSSR count). The van der Waals surface area contributed by atoms with Crippen molar-refractivity contribution < 1.29 is 19.1 Å². The fourth-order valence-electron chi connectivity index (χ4n) is 1.71. The van der Waals surface area contributed by atoms with Crippen LogP contribution >= 0.6 is 0 Å². The summed E-state index contributed by atoms with van der Waals surface area (Å²) in [6.07, 6.45) is 0. The van der Waals surface area contributed by atoms with Gasteiger partial charge >= 0.3 is 0 Å². The first kappa shape index (κ1) is 18.4. The molecule has 8 nitrogen and oxygen atoms in total. The predicted molar refractivity (Wildman–Crippen MR) is 86.2 cm³/mol. The van der Waals surface area contributed by atoms with Gasteiger partial charge in [-0.1, -0.05) is 6.07 Å². The van der Waals surface area contributed by atoms with Crippen LogP contribution < -0.4 is 20.7 Å². The summed E-state index contributed by atoms with van der Waals surface area (Å²) in [6, 6.07) is 6.94. The number of methoxy groups -OCH3 is 1. The quantitative estimate of drug-likeness (QED) is 0.595. The molecule has 0 radical (unpaired) electrons. The molecular weight excluding hydrogens is 300 g/mol. The molecule has 0 fully saturated rings. The standard InChI is InChI=1S/C15H22N4O4/c1-16-13(20)8-17-9-15(22)19(2)10-14(21)18-11-5-4-6-12(7-11)23-3/h4-7,17H,8-10H2,1-3H3,(H,16,20)(H,18,21). The number of likely N-dealkylation sites (N-methyl/N-ethyl adjacent to an activating group) is 2. The molecule has 0 heterocycles. The number of anilines is 1. The van der Waals surface area contributed by atoms with Gasteiger partial charge in [-0.15, -0.1) is 0 Å². The van der Waals surface area contributed by atoms with Crippen LogP contribution in [0.25, 0.3) is 0 Å². The Morgan fingerprint density at radius 1 is 1.17 bits per heavy atom. The minimum absolute atomic E-state index is 0.0175. The van der Waals surface area contributed by atoms with E-state index in [2.05, 4.69) is 16.0 Å². The molecule has 0 aliphatic heterocycles. The van der Waals surface area contributed by atoms with Crippen LogP contribution in [0.5, 0.6) is 5.75 Å². The lowest BCUT2D eigenvalue weighted by atomic mass is 10.3. The first-order chi connectivity index (χ1) is 11.0. The first-order valence-corrected chi connectivity index (χ1v) is 7.05. The fourth-order valence-corrected chi connectivity index (χ4v) is 1.71. The van der Waals surface area contributed by atoms with Crippen LogP contribution in [0.4, 0.5) is 5.69 Å². The molecule has 0 atom stereocenters. The summed E-state index contributed by atoms with van der Waals surface area (Å²) in [7, 11) is 4.58. The minimum Gasteiger partial charge on any atom is -0.497 e. The largest absolute Gasteiger partial charge is 0.497 e. The Hall–Kier alpha value is -2.61. The number of benzene rings is 1. The monoisotopic (exact) mass is 322 g/mol. The Kier molecular flexibility index (Phi) is 7.55. The third-order valence-electron chi connectivity index (χ3n) is 3.00. The van der Waals surface area contributed by atoms with Crippen molar-refractivity contribution in [2.24, 2.45) is 0 Å². The maximum Gasteiger partial charge on any atom is 0.243 e. The Bertz CT molecular complexity index is 562. The van der Waals surface area contributed by atoms with E-state index in [1.165, 1.54) is 19.0 Å². The van der Waals surface area contributed by atoms with Gasteiger partial charge in [0.2, 0.25) is 17.7 Å². The van der Waals surface area contributed by atoms with Gasteiger partial charge < -0.3 is 20.3 Å². The molecule has 3 amide bonds. The van der Waals surface area contributed by atoms with E-state index < -0.39 is 0 Å². The Morgan fingerprint density at radius 2 is 1.91 bits per heavy atom. The van der Waals surface area contributed by atoms with E-state index in [0.29, 0.717) is 11.4 Å². The lowest BCUT2D eigenvalue weighted by Crippen LogP contribution is -2.42. The van der Waals surface area contributed by atoms with Crippen LogP contribution in [0, 0.1) is 0 Å². The van der Waals surface area contributed by atoms with Gasteiger partial charge in [-0.25, -0.2) is 0 Å². The summed E-state index contributed by atoms with van der Waals surface area (Å²) in [5.74, 6) is -0.183. The van der Waals surface area contributed by atoms with Crippen LogP contribution in [0.3, 0.4) is 0 Å². The second-order valence-electron chi connectivity index (χ2n) is 4.81. The average molecular weight is 322 g/mol. The van der Waals surface area contributed by atoms with Crippen molar-refractivity contribution in [3.63, 3.8) is 0 Å². The van der Waals surface area contributed by atoms with E-state index in [9.17, 15) is 14.4 Å². The highest BCUT2D eigenvalue weighted by atomic mass is 16.5. The van der Waals surface area contributed by atoms with Crippen molar-refractivity contribution >= 4 is 23.4 Å². The SMILES string of the molecule is CNC(=O)CNCC(=O)N(C)CC(=O)Nc1cccc(OC)c1. The third kappa shape index (κ3) is 6.79. The summed E-state index contributed by atoms with van der Waals surface area (Å²) in [5.41, 5.74) is 0.591. The van der Waals surface area contributed by atoms with Crippen LogP contribution in [0.2, 0.25) is 0 Å². The van der Waals surface area contributed by atoms with Gasteiger partial charge in [-0.3, -0.25) is 19.7 Å². The molecule has 0 unspecified atom stereocenters. The van der Waals surface area contributed by atoms with Crippen molar-refractivity contribution in [3.05, 3.63) is 24.3 Å². The summed E-state index contributed by atoms with van der Waals surface area (Å²) in [4.78, 5) is 36.1. The molecule has 0 aliphatic carbocycles. The topological polar surface area (TPSA) is 99.8 Å². The van der Waals surface area contributed by atoms with Gasteiger partial charge in [0, 0.05) is 25.8 Å². The average Bonchev–Trinajstić information content (AvgIpc) is 2.54. The van der Waals surface area contributed by atoms with Gasteiger partial charge in [0.1, 0.15) is 5.75 Å². The molecule has 3 N–H and O–H groups in total. The van der Waals surface area contributed by atoms with Crippen molar-refractivity contribution in [2.75, 3.05) is 46.2 Å². The van der Waals surface area contributed by atoms with Crippen molar-refractivity contribution in [2.45, 2.75) is 0 Å². The molecule has 1 aromatic carbocycles. The van der Waals surface area contributed by atoms with Crippen LogP contribution in [-0.4, -0.2) is 63.5 Å². The molecular formula is C15H22N4O4. The minimum atomic E-state index is -0.319. The second-order valence-corrected chi connectivity index (χ2v) is 4.81. The maximum absolute atomic E-state index is 11.9. The van der Waals surface area contributed by atoms with Gasteiger partial charge in [0.15, 0.2) is 0 Å². The Morgan fingerprint density at radius 3 is 2.57 bits per heavy atom. The molecule has 1 aromatic rings. The lowest BCUT2D eigenvalue weighted by molar-refractivity contribution is -0.132. The molecule has 0 aromatic heterocycles. The van der Waals surface area contributed by atoms with Gasteiger partial charge in [0.05, 0.1) is 26.7 Å². The van der Waals surface area contributed by atoms with Gasteiger partial charge in [-0.05, 0) is 12.1 Å². The summed E-state index contributed by atoms with van der Waals surface area (Å²) >= 11 is 0. The van der Waals surface area contributed by atoms with E-state index in [0.717, 1.165) is 0 Å². The Labute approximate surface area is 135 Å². The number of carbonyl (C=O) groups excluding carboxylic acids is 3. The molecule has 8 heteroatoms. The zero-order valence-electron chi connectivity index (χ0n) is 13.5. The highest BCUT2D eigenvalue weighted by Gasteiger charge is 2.13. The predicted octanol–water partition coefficient (Wildman–Crippen LogP) is -0.572. The highest BCUT2D eigenvalue weighted by Crippen LogP contribution is 2.16. The molecule has 23 heavy (non-hydrogen) atoms. The van der Waals surface area contributed by atoms with E-state index >= 15 is 0 Å². The van der Waals surface area contributed by atoms with Crippen LogP contribution in [0.1, 0.15) is 0 Å². The van der Waals surface area contributed by atoms with Gasteiger partial charge in [0.25, 0.3) is 0 Å². The van der Waals surface area contributed by atoms with Crippen molar-refractivity contribution in [1.29, 1.82) is 0 Å². The molecule has 0 spiro atoms. The summed E-state index contributed by atoms with van der Waals surface area (Å²) < 4.78 is 5.07. The van der Waals surface area contributed by atoms with Crippen molar-refractivity contribution in [1.82, 2.24) is 15.5 Å². The van der Waals surface area contributed by atoms with Crippen LogP contribution in [0.15, 0.2) is 24.3 Å². The van der Waals surface area contributed by atoms with E-state index in [-0.39, 0.29) is 37.4 Å². The highest BCUT2D eigenvalue weighted by molar-refractivity contribution is 5.94. The van der Waals surface area contributed by atoms with E-state index in [1.807, 2.05) is 0 Å². The van der Waals surface area contributed by atoms with Gasteiger partial charge in [-0.2, -0.15) is 0 Å². The fraction of sp³-hybridized carbons (Fsp3) is 0.400. The summed E-state index contributed by atoms with van der Waals surface area (Å²) in [5, 5.41) is 7.83. The third-order valence-corrected chi connectivity index (χ3v) is 3.00. The molecule has 0 saturated carbocycles. The number of hydrogen-bond donors (Lipinski definition) is 3. The normalized spacial score (nSPS) is 9.87. The number of rotatable bonds is 8. The number of nitrogens with zero attached hydrogens (tertiary/aromatic N) is 1. The number of amides is 3. The van der Waals surface area contributed by atoms with Crippen molar-refractivity contribution in [3.8, 4) is 5.75 Å². The maximum atomic E-state index is 11.9. The number of hydrogen-bond acceptors (Lipinski definition) is 5. The lowest BCUT2D eigenvalue weighted by Gasteiger charge is -2.17. The molecule has 0 saturated heterocycles. The number of nitrogens with one attached hydrogen (secondary N) is 3.